The molecule has 1 fully saturated rings. The average molecular weight is 425 g/mol. The molecular formula is C23H27N3O5. The van der Waals surface area contributed by atoms with Crippen LogP contribution in [0.1, 0.15) is 66.7 Å². The number of ether oxygens (including phenoxy) is 1. The van der Waals surface area contributed by atoms with Crippen LogP contribution in [0.5, 0.6) is 0 Å². The molecule has 164 valence electrons. The Balaban J connectivity index is 1.71. The van der Waals surface area contributed by atoms with Crippen molar-refractivity contribution in [3.63, 3.8) is 0 Å². The molecule has 0 bridgehead atoms. The summed E-state index contributed by atoms with van der Waals surface area (Å²) in [7, 11) is 1.55. The van der Waals surface area contributed by atoms with Crippen LogP contribution >= 0.6 is 0 Å². The number of nitriles is 1. The van der Waals surface area contributed by atoms with E-state index in [1.54, 1.807) is 45.2 Å². The zero-order valence-corrected chi connectivity index (χ0v) is 18.1. The number of nitrogens with zero attached hydrogens (tertiary/aromatic N) is 3. The Morgan fingerprint density at radius 2 is 1.68 bits per heavy atom. The van der Waals surface area contributed by atoms with Crippen LogP contribution in [0.25, 0.3) is 0 Å². The van der Waals surface area contributed by atoms with Crippen LogP contribution in [0, 0.1) is 17.2 Å². The third-order valence-corrected chi connectivity index (χ3v) is 6.22. The Morgan fingerprint density at radius 1 is 1.13 bits per heavy atom. The molecule has 0 spiro atoms. The highest BCUT2D eigenvalue weighted by Gasteiger charge is 2.45. The molecule has 0 saturated heterocycles. The number of carbonyl (C=O) groups is 4. The first-order valence-electron chi connectivity index (χ1n) is 10.5. The summed E-state index contributed by atoms with van der Waals surface area (Å²) in [5, 5.41) is 9.65. The predicted octanol–water partition coefficient (Wildman–Crippen LogP) is 2.54. The summed E-state index contributed by atoms with van der Waals surface area (Å²) >= 11 is 0. The van der Waals surface area contributed by atoms with Gasteiger partial charge in [-0.25, -0.2) is 4.79 Å². The fraction of sp³-hybridized carbons (Fsp3) is 0.522. The summed E-state index contributed by atoms with van der Waals surface area (Å²) in [5.41, 5.74) is -0.396. The lowest BCUT2D eigenvalue weighted by atomic mass is 9.81. The van der Waals surface area contributed by atoms with Gasteiger partial charge in [-0.2, -0.15) is 5.26 Å². The summed E-state index contributed by atoms with van der Waals surface area (Å²) in [6, 6.07) is 7.51. The second-order valence-electron chi connectivity index (χ2n) is 8.48. The standard InChI is InChI=1S/C23H27N3O5/c1-15(2)19(26-20(28)16-9-5-6-10-17(16)21(26)29)22(30)31-13-18(27)25(3)23(14-24)11-7-4-8-12-23/h5-6,9-10,15,19H,4,7-8,11-13H2,1-3H3/t19-/m0/s1. The fourth-order valence-corrected chi connectivity index (χ4v) is 4.35. The van der Waals surface area contributed by atoms with E-state index >= 15 is 0 Å². The molecule has 31 heavy (non-hydrogen) atoms. The number of benzene rings is 1. The molecule has 0 aromatic heterocycles. The van der Waals surface area contributed by atoms with Gasteiger partial charge in [-0.1, -0.05) is 45.2 Å². The summed E-state index contributed by atoms with van der Waals surface area (Å²) in [6.45, 7) is 2.86. The molecule has 2 aliphatic rings. The molecule has 3 rings (SSSR count). The summed E-state index contributed by atoms with van der Waals surface area (Å²) < 4.78 is 5.25. The second kappa shape index (κ2) is 8.88. The number of hydrogen-bond acceptors (Lipinski definition) is 6. The van der Waals surface area contributed by atoms with Crippen LogP contribution < -0.4 is 0 Å². The number of likely N-dealkylation sites (N-methyl/N-ethyl adjacent to an activating group) is 1. The molecule has 1 saturated carbocycles. The number of esters is 1. The Morgan fingerprint density at radius 3 is 2.16 bits per heavy atom. The highest BCUT2D eigenvalue weighted by atomic mass is 16.5. The minimum Gasteiger partial charge on any atom is -0.454 e. The first-order chi connectivity index (χ1) is 14.7. The molecule has 1 aromatic carbocycles. The molecule has 3 amide bonds. The van der Waals surface area contributed by atoms with Gasteiger partial charge in [0.1, 0.15) is 11.6 Å². The van der Waals surface area contributed by atoms with Gasteiger partial charge in [-0.3, -0.25) is 19.3 Å². The molecule has 1 heterocycles. The van der Waals surface area contributed by atoms with E-state index in [0.717, 1.165) is 24.2 Å². The van der Waals surface area contributed by atoms with Gasteiger partial charge in [-0.05, 0) is 30.9 Å². The highest BCUT2D eigenvalue weighted by molar-refractivity contribution is 6.22. The zero-order valence-electron chi connectivity index (χ0n) is 18.1. The van der Waals surface area contributed by atoms with E-state index in [4.69, 9.17) is 4.74 Å². The van der Waals surface area contributed by atoms with Crippen LogP contribution in [-0.4, -0.2) is 58.7 Å². The number of carbonyl (C=O) groups excluding carboxylic acids is 4. The third-order valence-electron chi connectivity index (χ3n) is 6.22. The predicted molar refractivity (Wildman–Crippen MR) is 111 cm³/mol. The lowest BCUT2D eigenvalue weighted by molar-refractivity contribution is -0.157. The normalized spacial score (nSPS) is 18.4. The third kappa shape index (κ3) is 4.05. The minimum absolute atomic E-state index is 0.245. The van der Waals surface area contributed by atoms with Crippen molar-refractivity contribution < 1.29 is 23.9 Å². The molecule has 1 aromatic rings. The zero-order chi connectivity index (χ0) is 22.8. The molecule has 0 N–H and O–H groups in total. The average Bonchev–Trinajstić information content (AvgIpc) is 3.02. The Hall–Kier alpha value is -3.21. The maximum Gasteiger partial charge on any atom is 0.330 e. The van der Waals surface area contributed by atoms with Crippen LogP contribution in [-0.2, 0) is 14.3 Å². The second-order valence-corrected chi connectivity index (χ2v) is 8.48. The van der Waals surface area contributed by atoms with Gasteiger partial charge in [-0.15, -0.1) is 0 Å². The number of hydrogen-bond donors (Lipinski definition) is 0. The molecule has 8 nitrogen and oxygen atoms in total. The van der Waals surface area contributed by atoms with Crippen LogP contribution in [0.2, 0.25) is 0 Å². The van der Waals surface area contributed by atoms with Gasteiger partial charge >= 0.3 is 5.97 Å². The summed E-state index contributed by atoms with van der Waals surface area (Å²) in [6.07, 6.45) is 3.92. The van der Waals surface area contributed by atoms with E-state index in [-0.39, 0.29) is 11.1 Å². The maximum absolute atomic E-state index is 12.9. The summed E-state index contributed by atoms with van der Waals surface area (Å²) in [4.78, 5) is 53.4. The number of imide groups is 1. The lowest BCUT2D eigenvalue weighted by Gasteiger charge is -2.39. The molecule has 0 unspecified atom stereocenters. The van der Waals surface area contributed by atoms with Gasteiger partial charge in [0.05, 0.1) is 17.2 Å². The maximum atomic E-state index is 12.9. The number of rotatable bonds is 6. The Bertz CT molecular complexity index is 908. The molecule has 1 atom stereocenters. The SMILES string of the molecule is CC(C)[C@@H](C(=O)OCC(=O)N(C)C1(C#N)CCCCC1)N1C(=O)c2ccccc2C1=O. The van der Waals surface area contributed by atoms with Crippen molar-refractivity contribution in [2.75, 3.05) is 13.7 Å². The number of amides is 3. The van der Waals surface area contributed by atoms with E-state index in [1.807, 2.05) is 0 Å². The molecule has 0 radical (unpaired) electrons. The highest BCUT2D eigenvalue weighted by Crippen LogP contribution is 2.32. The van der Waals surface area contributed by atoms with Crippen LogP contribution in [0.4, 0.5) is 0 Å². The summed E-state index contributed by atoms with van der Waals surface area (Å²) in [5.74, 6) is -2.82. The van der Waals surface area contributed by atoms with Crippen molar-refractivity contribution in [3.8, 4) is 6.07 Å². The Labute approximate surface area is 181 Å². The molecule has 1 aliphatic heterocycles. The van der Waals surface area contributed by atoms with Crippen LogP contribution in [0.3, 0.4) is 0 Å². The van der Waals surface area contributed by atoms with E-state index in [2.05, 4.69) is 6.07 Å². The van der Waals surface area contributed by atoms with E-state index in [1.165, 1.54) is 4.90 Å². The first kappa shape index (κ1) is 22.5. The molecule has 8 heteroatoms. The quantitative estimate of drug-likeness (QED) is 0.512. The monoisotopic (exact) mass is 425 g/mol. The molecular weight excluding hydrogens is 398 g/mol. The first-order valence-corrected chi connectivity index (χ1v) is 10.5. The van der Waals surface area contributed by atoms with Gasteiger partial charge in [0.2, 0.25) is 0 Å². The van der Waals surface area contributed by atoms with E-state index in [0.29, 0.717) is 12.8 Å². The fourth-order valence-electron chi connectivity index (χ4n) is 4.35. The van der Waals surface area contributed by atoms with Gasteiger partial charge in [0.15, 0.2) is 6.61 Å². The van der Waals surface area contributed by atoms with Crippen molar-refractivity contribution >= 4 is 23.7 Å². The molecule has 1 aliphatic carbocycles. The lowest BCUT2D eigenvalue weighted by Crippen LogP contribution is -2.52. The smallest absolute Gasteiger partial charge is 0.330 e. The largest absolute Gasteiger partial charge is 0.454 e. The van der Waals surface area contributed by atoms with Crippen molar-refractivity contribution in [1.29, 1.82) is 5.26 Å². The Kier molecular flexibility index (Phi) is 6.44. The van der Waals surface area contributed by atoms with Gasteiger partial charge in [0.25, 0.3) is 17.7 Å². The van der Waals surface area contributed by atoms with Crippen molar-refractivity contribution in [2.45, 2.75) is 57.5 Å². The van der Waals surface area contributed by atoms with Crippen molar-refractivity contribution in [1.82, 2.24) is 9.80 Å². The number of fused-ring (bicyclic) bond motifs is 1. The van der Waals surface area contributed by atoms with Crippen molar-refractivity contribution in [3.05, 3.63) is 35.4 Å². The van der Waals surface area contributed by atoms with E-state index in [9.17, 15) is 24.4 Å². The topological polar surface area (TPSA) is 108 Å². The van der Waals surface area contributed by atoms with Gasteiger partial charge < -0.3 is 9.64 Å². The van der Waals surface area contributed by atoms with Gasteiger partial charge in [0, 0.05) is 7.05 Å². The minimum atomic E-state index is -1.15. The van der Waals surface area contributed by atoms with E-state index < -0.39 is 47.8 Å². The van der Waals surface area contributed by atoms with Crippen molar-refractivity contribution in [2.24, 2.45) is 5.92 Å². The van der Waals surface area contributed by atoms with Crippen LogP contribution in [0.15, 0.2) is 24.3 Å².